The SMILES string of the molecule is NC1(C(=O)OCc2ccccc2)CCC(=O)CC1(N)C(=O)OCc1ccccc1. The van der Waals surface area contributed by atoms with Gasteiger partial charge in [-0.05, 0) is 17.5 Å². The number of esters is 2. The molecule has 152 valence electrons. The smallest absolute Gasteiger partial charge is 0.329 e. The molecule has 0 spiro atoms. The molecule has 1 aliphatic carbocycles. The highest BCUT2D eigenvalue weighted by molar-refractivity contribution is 6.00. The molecule has 1 aliphatic rings. The number of ketones is 1. The molecule has 0 aromatic heterocycles. The standard InChI is InChI=1S/C22H24N2O5/c23-21(19(26)28-14-16-7-3-1-4-8-16)12-11-18(25)13-22(21,24)20(27)29-15-17-9-5-2-6-10-17/h1-10H,11-15,23-24H2. The van der Waals surface area contributed by atoms with Gasteiger partial charge in [0.25, 0.3) is 0 Å². The van der Waals surface area contributed by atoms with Gasteiger partial charge in [0.2, 0.25) is 0 Å². The number of benzene rings is 2. The minimum absolute atomic E-state index is 0.0122. The largest absolute Gasteiger partial charge is 0.459 e. The van der Waals surface area contributed by atoms with Crippen molar-refractivity contribution in [3.63, 3.8) is 0 Å². The first-order valence-electron chi connectivity index (χ1n) is 9.37. The summed E-state index contributed by atoms with van der Waals surface area (Å²) >= 11 is 0. The Bertz CT molecular complexity index is 887. The fourth-order valence-corrected chi connectivity index (χ4v) is 3.36. The van der Waals surface area contributed by atoms with Crippen LogP contribution in [0.5, 0.6) is 0 Å². The van der Waals surface area contributed by atoms with E-state index >= 15 is 0 Å². The number of carbonyl (C=O) groups excluding carboxylic acids is 3. The topological polar surface area (TPSA) is 122 Å². The van der Waals surface area contributed by atoms with Gasteiger partial charge < -0.3 is 20.9 Å². The zero-order valence-electron chi connectivity index (χ0n) is 16.0. The summed E-state index contributed by atoms with van der Waals surface area (Å²) in [6.45, 7) is -0.0519. The van der Waals surface area contributed by atoms with Gasteiger partial charge in [0, 0.05) is 12.8 Å². The van der Waals surface area contributed by atoms with Crippen LogP contribution in [0.1, 0.15) is 30.4 Å². The molecule has 7 heteroatoms. The van der Waals surface area contributed by atoms with E-state index < -0.39 is 23.0 Å². The van der Waals surface area contributed by atoms with Crippen molar-refractivity contribution in [2.24, 2.45) is 11.5 Å². The van der Waals surface area contributed by atoms with Crippen molar-refractivity contribution in [2.45, 2.75) is 43.6 Å². The molecular formula is C22H24N2O5. The van der Waals surface area contributed by atoms with E-state index in [1.807, 2.05) is 24.3 Å². The van der Waals surface area contributed by atoms with E-state index in [-0.39, 0.29) is 38.3 Å². The number of ether oxygens (including phenoxy) is 2. The first-order valence-corrected chi connectivity index (χ1v) is 9.37. The molecule has 0 aliphatic heterocycles. The number of carbonyl (C=O) groups is 3. The van der Waals surface area contributed by atoms with E-state index in [2.05, 4.69) is 0 Å². The predicted octanol–water partition coefficient (Wildman–Crippen LogP) is 1.62. The van der Waals surface area contributed by atoms with Gasteiger partial charge in [-0.2, -0.15) is 0 Å². The summed E-state index contributed by atoms with van der Waals surface area (Å²) in [6, 6.07) is 18.1. The Morgan fingerprint density at radius 3 is 1.72 bits per heavy atom. The van der Waals surface area contributed by atoms with Gasteiger partial charge in [0.1, 0.15) is 24.5 Å². The van der Waals surface area contributed by atoms with Crippen molar-refractivity contribution >= 4 is 17.7 Å². The molecule has 3 rings (SSSR count). The number of Topliss-reactive ketones (excluding diaryl/α,β-unsaturated/α-hetero) is 1. The molecule has 0 bridgehead atoms. The molecular weight excluding hydrogens is 372 g/mol. The summed E-state index contributed by atoms with van der Waals surface area (Å²) in [7, 11) is 0. The average Bonchev–Trinajstić information content (AvgIpc) is 2.74. The zero-order valence-corrected chi connectivity index (χ0v) is 16.0. The highest BCUT2D eigenvalue weighted by atomic mass is 16.5. The lowest BCUT2D eigenvalue weighted by molar-refractivity contribution is -0.170. The van der Waals surface area contributed by atoms with E-state index in [1.54, 1.807) is 36.4 Å². The van der Waals surface area contributed by atoms with Crippen LogP contribution in [0.15, 0.2) is 60.7 Å². The molecule has 0 saturated heterocycles. The third-order valence-electron chi connectivity index (χ3n) is 5.22. The number of nitrogens with two attached hydrogens (primary N) is 2. The van der Waals surface area contributed by atoms with Crippen LogP contribution in [0.25, 0.3) is 0 Å². The van der Waals surface area contributed by atoms with Gasteiger partial charge in [-0.15, -0.1) is 0 Å². The summed E-state index contributed by atoms with van der Waals surface area (Å²) < 4.78 is 10.7. The maximum Gasteiger partial charge on any atom is 0.329 e. The molecule has 2 aromatic carbocycles. The van der Waals surface area contributed by atoms with E-state index in [0.717, 1.165) is 11.1 Å². The normalized spacial score (nSPS) is 24.0. The monoisotopic (exact) mass is 396 g/mol. The molecule has 4 N–H and O–H groups in total. The number of rotatable bonds is 6. The van der Waals surface area contributed by atoms with Crippen molar-refractivity contribution in [1.29, 1.82) is 0 Å². The fourth-order valence-electron chi connectivity index (χ4n) is 3.36. The zero-order chi connectivity index (χ0) is 20.9. The Kier molecular flexibility index (Phi) is 6.10. The van der Waals surface area contributed by atoms with Crippen LogP contribution >= 0.6 is 0 Å². The predicted molar refractivity (Wildman–Crippen MR) is 105 cm³/mol. The Morgan fingerprint density at radius 1 is 0.793 bits per heavy atom. The number of hydrogen-bond acceptors (Lipinski definition) is 7. The minimum Gasteiger partial charge on any atom is -0.459 e. The first kappa shape index (κ1) is 20.7. The molecule has 0 amide bonds. The molecule has 2 unspecified atom stereocenters. The van der Waals surface area contributed by atoms with Crippen molar-refractivity contribution in [3.05, 3.63) is 71.8 Å². The van der Waals surface area contributed by atoms with E-state index in [4.69, 9.17) is 20.9 Å². The van der Waals surface area contributed by atoms with Crippen molar-refractivity contribution < 1.29 is 23.9 Å². The van der Waals surface area contributed by atoms with E-state index in [1.165, 1.54) is 0 Å². The molecule has 0 radical (unpaired) electrons. The van der Waals surface area contributed by atoms with Crippen LogP contribution < -0.4 is 11.5 Å². The quantitative estimate of drug-likeness (QED) is 0.712. The van der Waals surface area contributed by atoms with Gasteiger partial charge in [-0.1, -0.05) is 60.7 Å². The van der Waals surface area contributed by atoms with Crippen molar-refractivity contribution in [2.75, 3.05) is 0 Å². The molecule has 29 heavy (non-hydrogen) atoms. The second-order valence-corrected chi connectivity index (χ2v) is 7.28. The van der Waals surface area contributed by atoms with Gasteiger partial charge in [0.15, 0.2) is 5.54 Å². The van der Waals surface area contributed by atoms with Gasteiger partial charge in [-0.3, -0.25) is 4.79 Å². The third-order valence-corrected chi connectivity index (χ3v) is 5.22. The Hall–Kier alpha value is -3.03. The lowest BCUT2D eigenvalue weighted by atomic mass is 9.67. The summed E-state index contributed by atoms with van der Waals surface area (Å²) in [5.74, 6) is -1.97. The van der Waals surface area contributed by atoms with Gasteiger partial charge in [0.05, 0.1) is 0 Å². The van der Waals surface area contributed by atoms with Crippen LogP contribution in [0, 0.1) is 0 Å². The molecule has 7 nitrogen and oxygen atoms in total. The maximum absolute atomic E-state index is 12.8. The third kappa shape index (κ3) is 4.36. The summed E-state index contributed by atoms with van der Waals surface area (Å²) in [6.07, 6.45) is -0.421. The van der Waals surface area contributed by atoms with E-state index in [9.17, 15) is 14.4 Å². The molecule has 2 atom stereocenters. The highest BCUT2D eigenvalue weighted by Crippen LogP contribution is 2.35. The lowest BCUT2D eigenvalue weighted by Crippen LogP contribution is -2.76. The van der Waals surface area contributed by atoms with Crippen LogP contribution in [-0.4, -0.2) is 28.8 Å². The summed E-state index contributed by atoms with van der Waals surface area (Å²) in [4.78, 5) is 37.7. The molecule has 0 heterocycles. The summed E-state index contributed by atoms with van der Waals surface area (Å²) in [5, 5.41) is 0. The summed E-state index contributed by atoms with van der Waals surface area (Å²) in [5.41, 5.74) is 10.3. The highest BCUT2D eigenvalue weighted by Gasteiger charge is 2.61. The Labute approximate surface area is 169 Å². The van der Waals surface area contributed by atoms with Crippen molar-refractivity contribution in [1.82, 2.24) is 0 Å². The van der Waals surface area contributed by atoms with Crippen LogP contribution in [0.4, 0.5) is 0 Å². The fraction of sp³-hybridized carbons (Fsp3) is 0.318. The second kappa shape index (κ2) is 8.55. The van der Waals surface area contributed by atoms with Crippen LogP contribution in [-0.2, 0) is 37.1 Å². The Balaban J connectivity index is 1.75. The van der Waals surface area contributed by atoms with E-state index in [0.29, 0.717) is 0 Å². The van der Waals surface area contributed by atoms with Crippen LogP contribution in [0.3, 0.4) is 0 Å². The first-order chi connectivity index (χ1) is 13.8. The molecule has 1 fully saturated rings. The molecule has 2 aromatic rings. The average molecular weight is 396 g/mol. The van der Waals surface area contributed by atoms with Gasteiger partial charge in [-0.25, -0.2) is 9.59 Å². The maximum atomic E-state index is 12.8. The number of hydrogen-bond donors (Lipinski definition) is 2. The lowest BCUT2D eigenvalue weighted by Gasteiger charge is -2.44. The van der Waals surface area contributed by atoms with Crippen molar-refractivity contribution in [3.8, 4) is 0 Å². The molecule has 1 saturated carbocycles. The minimum atomic E-state index is -2.00. The van der Waals surface area contributed by atoms with Crippen LogP contribution in [0.2, 0.25) is 0 Å². The van der Waals surface area contributed by atoms with Gasteiger partial charge >= 0.3 is 11.9 Å². The Morgan fingerprint density at radius 2 is 1.24 bits per heavy atom. The second-order valence-electron chi connectivity index (χ2n) is 7.28.